The maximum absolute atomic E-state index is 15.4. The first kappa shape index (κ1) is 30.6. The molecule has 0 radical (unpaired) electrons. The van der Waals surface area contributed by atoms with E-state index < -0.39 is 24.1 Å². The summed E-state index contributed by atoms with van der Waals surface area (Å²) in [5.41, 5.74) is 9.82. The second kappa shape index (κ2) is 12.8. The van der Waals surface area contributed by atoms with Crippen molar-refractivity contribution in [2.24, 2.45) is 0 Å². The van der Waals surface area contributed by atoms with Crippen molar-refractivity contribution in [2.45, 2.75) is 45.4 Å². The molecule has 230 valence electrons. The lowest BCUT2D eigenvalue weighted by Crippen LogP contribution is -2.35. The number of pyridine rings is 1. The molecule has 0 saturated carbocycles. The van der Waals surface area contributed by atoms with Crippen molar-refractivity contribution in [3.05, 3.63) is 88.9 Å². The van der Waals surface area contributed by atoms with Gasteiger partial charge in [-0.25, -0.2) is 14.2 Å². The number of ether oxygens (including phenoxy) is 2. The molecule has 4 bridgehead atoms. The number of amides is 2. The Morgan fingerprint density at radius 2 is 2.00 bits per heavy atom. The number of hydrogen-bond donors (Lipinski definition) is 4. The number of nitrogen functional groups attached to an aromatic ring is 1. The Balaban J connectivity index is 1.58. The molecular formula is C33H36FN5O5. The van der Waals surface area contributed by atoms with Crippen LogP contribution in [0.3, 0.4) is 0 Å². The third kappa shape index (κ3) is 6.52. The van der Waals surface area contributed by atoms with E-state index in [1.807, 2.05) is 56.3 Å². The van der Waals surface area contributed by atoms with Crippen LogP contribution in [0.5, 0.6) is 5.75 Å². The zero-order valence-electron chi connectivity index (χ0n) is 25.1. The minimum atomic E-state index is -0.808. The van der Waals surface area contributed by atoms with Gasteiger partial charge < -0.3 is 30.5 Å². The van der Waals surface area contributed by atoms with Gasteiger partial charge in [-0.05, 0) is 66.3 Å². The largest absolute Gasteiger partial charge is 0.485 e. The molecule has 3 heterocycles. The summed E-state index contributed by atoms with van der Waals surface area (Å²) in [6.07, 6.45) is 0.190. The summed E-state index contributed by atoms with van der Waals surface area (Å²) in [5.74, 6) is -0.886. The molecular weight excluding hydrogens is 565 g/mol. The van der Waals surface area contributed by atoms with Crippen LogP contribution in [0.15, 0.2) is 60.8 Å². The van der Waals surface area contributed by atoms with Crippen LogP contribution in [-0.4, -0.2) is 53.4 Å². The number of aromatic nitrogens is 1. The van der Waals surface area contributed by atoms with Gasteiger partial charge in [0.25, 0.3) is 0 Å². The highest BCUT2D eigenvalue weighted by Crippen LogP contribution is 2.33. The summed E-state index contributed by atoms with van der Waals surface area (Å²) >= 11 is 0. The number of nitrogens with one attached hydrogen (secondary N) is 2. The fraction of sp³-hybridized carbons (Fsp3) is 0.303. The number of benzene rings is 3. The van der Waals surface area contributed by atoms with Gasteiger partial charge in [0.1, 0.15) is 18.0 Å². The number of nitrogens with zero attached hydrogens (tertiary/aromatic N) is 2. The zero-order chi connectivity index (χ0) is 31.5. The molecule has 5 N–H and O–H groups in total. The van der Waals surface area contributed by atoms with E-state index in [0.29, 0.717) is 17.1 Å². The van der Waals surface area contributed by atoms with Crippen LogP contribution in [-0.2, 0) is 16.1 Å². The minimum absolute atomic E-state index is 0.0555. The third-order valence-corrected chi connectivity index (χ3v) is 7.70. The van der Waals surface area contributed by atoms with Gasteiger partial charge in [0.2, 0.25) is 5.91 Å². The van der Waals surface area contributed by atoms with Gasteiger partial charge in [0.15, 0.2) is 11.6 Å². The molecule has 0 spiro atoms. The Kier molecular flexibility index (Phi) is 8.86. The Morgan fingerprint density at radius 1 is 1.20 bits per heavy atom. The predicted molar refractivity (Wildman–Crippen MR) is 167 cm³/mol. The maximum Gasteiger partial charge on any atom is 0.411 e. The molecule has 0 fully saturated rings. The number of aliphatic hydroxyl groups excluding tert-OH is 1. The van der Waals surface area contributed by atoms with Crippen molar-refractivity contribution in [1.82, 2.24) is 9.88 Å². The molecule has 4 aromatic rings. The van der Waals surface area contributed by atoms with Crippen LogP contribution in [0.4, 0.5) is 26.4 Å². The van der Waals surface area contributed by atoms with Crippen molar-refractivity contribution < 1.29 is 28.6 Å². The molecule has 10 nitrogen and oxygen atoms in total. The number of anilines is 3. The molecule has 3 atom stereocenters. The lowest BCUT2D eigenvalue weighted by Gasteiger charge is -2.28. The smallest absolute Gasteiger partial charge is 0.411 e. The molecule has 2 aliphatic rings. The van der Waals surface area contributed by atoms with E-state index in [-0.39, 0.29) is 43.0 Å². The van der Waals surface area contributed by atoms with Crippen molar-refractivity contribution in [3.63, 3.8) is 0 Å². The van der Waals surface area contributed by atoms with E-state index in [1.165, 1.54) is 11.0 Å². The molecule has 3 unspecified atom stereocenters. The van der Waals surface area contributed by atoms with Gasteiger partial charge in [0.05, 0.1) is 13.2 Å². The van der Waals surface area contributed by atoms with Gasteiger partial charge in [-0.3, -0.25) is 10.1 Å². The summed E-state index contributed by atoms with van der Waals surface area (Å²) in [5, 5.41) is 17.2. The summed E-state index contributed by atoms with van der Waals surface area (Å²) < 4.78 is 26.5. The highest BCUT2D eigenvalue weighted by atomic mass is 19.1. The number of nitrogens with two attached hydrogens (primary N) is 1. The summed E-state index contributed by atoms with van der Waals surface area (Å²) in [6.45, 7) is 5.19. The molecule has 1 aromatic heterocycles. The Bertz CT molecular complexity index is 1710. The van der Waals surface area contributed by atoms with E-state index in [0.717, 1.165) is 33.5 Å². The Hall–Kier alpha value is -4.90. The summed E-state index contributed by atoms with van der Waals surface area (Å²) in [7, 11) is 1.61. The van der Waals surface area contributed by atoms with Crippen LogP contribution < -0.4 is 21.1 Å². The van der Waals surface area contributed by atoms with Crippen LogP contribution in [0.25, 0.3) is 10.8 Å². The first-order chi connectivity index (χ1) is 21.0. The number of hydrogen-bond acceptors (Lipinski definition) is 8. The molecule has 3 aromatic carbocycles. The molecule has 2 amide bonds. The van der Waals surface area contributed by atoms with Crippen LogP contribution in [0.2, 0.25) is 0 Å². The second-order valence-electron chi connectivity index (χ2n) is 11.2. The highest BCUT2D eigenvalue weighted by Gasteiger charge is 2.28. The first-order valence-electron chi connectivity index (χ1n) is 14.3. The zero-order valence-corrected chi connectivity index (χ0v) is 25.1. The number of aliphatic hydroxyl groups is 1. The highest BCUT2D eigenvalue weighted by molar-refractivity contribution is 5.94. The van der Waals surface area contributed by atoms with Gasteiger partial charge in [-0.1, -0.05) is 25.1 Å². The number of carbonyl (C=O) groups excluding carboxylic acids is 2. The molecule has 44 heavy (non-hydrogen) atoms. The number of halogens is 1. The van der Waals surface area contributed by atoms with Crippen molar-refractivity contribution in [3.8, 4) is 5.75 Å². The number of carbonyl (C=O) groups is 2. The standard InChI is InChI=1S/C33H36FN5O5/c1-18-11-22-5-7-26(18)19(2)17-43-33(42)38-25-13-23(30(28(34)14-25)44-20(3)16-40)15-39(4)32(41)29(22)37-24-6-8-27-21(12-24)9-10-36-31(27)35/h5-14,19-20,29,37,40H,15-17H2,1-4H3,(H2,35,36)(H,38,42). The van der Waals surface area contributed by atoms with Crippen LogP contribution in [0.1, 0.15) is 48.1 Å². The molecule has 0 aliphatic carbocycles. The predicted octanol–water partition coefficient (Wildman–Crippen LogP) is 5.50. The quantitative estimate of drug-likeness (QED) is 0.235. The van der Waals surface area contributed by atoms with E-state index >= 15 is 4.39 Å². The summed E-state index contributed by atoms with van der Waals surface area (Å²) in [4.78, 5) is 32.4. The summed E-state index contributed by atoms with van der Waals surface area (Å²) in [6, 6.07) is 15.1. The maximum atomic E-state index is 15.4. The molecule has 2 aliphatic heterocycles. The minimum Gasteiger partial charge on any atom is -0.485 e. The second-order valence-corrected chi connectivity index (χ2v) is 11.2. The molecule has 6 rings (SSSR count). The SMILES string of the molecule is Cc1cc2ccc1C(C)COC(=O)Nc1cc(F)c(OC(C)CO)c(c1)CN(C)C(=O)C2Nc1ccc2c(N)nccc2c1. The third-order valence-electron chi connectivity index (χ3n) is 7.70. The van der Waals surface area contributed by atoms with E-state index in [2.05, 4.69) is 15.6 Å². The van der Waals surface area contributed by atoms with E-state index in [9.17, 15) is 14.7 Å². The lowest BCUT2D eigenvalue weighted by molar-refractivity contribution is -0.131. The normalized spacial score (nSPS) is 18.1. The lowest BCUT2D eigenvalue weighted by atomic mass is 9.93. The fourth-order valence-corrected chi connectivity index (χ4v) is 5.39. The monoisotopic (exact) mass is 601 g/mol. The number of fused-ring (bicyclic) bond motifs is 10. The van der Waals surface area contributed by atoms with Crippen molar-refractivity contribution in [2.75, 3.05) is 36.6 Å². The van der Waals surface area contributed by atoms with Crippen molar-refractivity contribution in [1.29, 1.82) is 0 Å². The Morgan fingerprint density at radius 3 is 2.75 bits per heavy atom. The van der Waals surface area contributed by atoms with Gasteiger partial charge in [-0.15, -0.1) is 0 Å². The van der Waals surface area contributed by atoms with Gasteiger partial charge in [-0.2, -0.15) is 0 Å². The van der Waals surface area contributed by atoms with Crippen molar-refractivity contribution >= 4 is 40.0 Å². The molecule has 0 saturated heterocycles. The number of rotatable bonds is 5. The van der Waals surface area contributed by atoms with Gasteiger partial charge in [0, 0.05) is 54.1 Å². The Labute approximate surface area is 255 Å². The van der Waals surface area contributed by atoms with Gasteiger partial charge >= 0.3 is 6.09 Å². The van der Waals surface area contributed by atoms with E-state index in [1.54, 1.807) is 20.2 Å². The molecule has 11 heteroatoms. The number of likely N-dealkylation sites (N-methyl/N-ethyl adjacent to an activating group) is 1. The number of aryl methyl sites for hydroxylation is 1. The average Bonchev–Trinajstić information content (AvgIpc) is 2.99. The topological polar surface area (TPSA) is 139 Å². The van der Waals surface area contributed by atoms with Crippen LogP contribution in [0, 0.1) is 12.7 Å². The average molecular weight is 602 g/mol. The first-order valence-corrected chi connectivity index (χ1v) is 14.3. The fourth-order valence-electron chi connectivity index (χ4n) is 5.39. The van der Waals surface area contributed by atoms with Crippen LogP contribution >= 0.6 is 0 Å². The van der Waals surface area contributed by atoms with E-state index in [4.69, 9.17) is 15.2 Å².